The lowest BCUT2D eigenvalue weighted by Gasteiger charge is -2.15. The molecule has 0 saturated heterocycles. The van der Waals surface area contributed by atoms with E-state index >= 15 is 0 Å². The summed E-state index contributed by atoms with van der Waals surface area (Å²) in [5.41, 5.74) is 1.19. The minimum absolute atomic E-state index is 0.235. The quantitative estimate of drug-likeness (QED) is 0.902. The van der Waals surface area contributed by atoms with E-state index in [9.17, 15) is 0 Å². The molecular formula is C13H17N3S. The van der Waals surface area contributed by atoms with Crippen LogP contribution in [0.4, 0.5) is 5.69 Å². The molecule has 0 amide bonds. The normalized spacial score (nSPS) is 11.5. The molecule has 17 heavy (non-hydrogen) atoms. The molecule has 4 heteroatoms. The van der Waals surface area contributed by atoms with E-state index in [1.165, 1.54) is 16.1 Å². The first-order valence-electron chi connectivity index (χ1n) is 5.64. The van der Waals surface area contributed by atoms with Gasteiger partial charge in [0.1, 0.15) is 6.33 Å². The first-order chi connectivity index (χ1) is 8.05. The van der Waals surface area contributed by atoms with E-state index in [-0.39, 0.29) is 5.41 Å². The minimum Gasteiger partial charge on any atom is -0.378 e. The highest BCUT2D eigenvalue weighted by Gasteiger charge is 2.15. The zero-order valence-corrected chi connectivity index (χ0v) is 11.2. The Kier molecular flexibility index (Phi) is 3.43. The summed E-state index contributed by atoms with van der Waals surface area (Å²) in [7, 11) is 0. The van der Waals surface area contributed by atoms with Crippen LogP contribution in [0.2, 0.25) is 0 Å². The molecule has 0 aliphatic heterocycles. The summed E-state index contributed by atoms with van der Waals surface area (Å²) in [6.45, 7) is 7.54. The van der Waals surface area contributed by atoms with Crippen molar-refractivity contribution in [1.29, 1.82) is 0 Å². The van der Waals surface area contributed by atoms with Gasteiger partial charge in [-0.2, -0.15) is 0 Å². The molecule has 0 saturated carbocycles. The van der Waals surface area contributed by atoms with E-state index in [2.05, 4.69) is 48.2 Å². The van der Waals surface area contributed by atoms with E-state index in [4.69, 9.17) is 0 Å². The van der Waals surface area contributed by atoms with Gasteiger partial charge in [0.2, 0.25) is 0 Å². The summed E-state index contributed by atoms with van der Waals surface area (Å²) in [5.74, 6) is 0. The van der Waals surface area contributed by atoms with Crippen LogP contribution in [0, 0.1) is 0 Å². The van der Waals surface area contributed by atoms with E-state index < -0.39 is 0 Å². The van der Waals surface area contributed by atoms with Gasteiger partial charge in [-0.1, -0.05) is 20.8 Å². The molecule has 0 fully saturated rings. The molecule has 2 aromatic heterocycles. The van der Waals surface area contributed by atoms with Gasteiger partial charge in [0.15, 0.2) is 0 Å². The summed E-state index contributed by atoms with van der Waals surface area (Å²) in [5, 5.41) is 3.31. The first-order valence-corrected chi connectivity index (χ1v) is 6.45. The van der Waals surface area contributed by atoms with Crippen LogP contribution in [0.1, 0.15) is 30.5 Å². The molecule has 0 radical (unpaired) electrons. The summed E-state index contributed by atoms with van der Waals surface area (Å²) < 4.78 is 0. The molecule has 0 aliphatic rings. The second-order valence-corrected chi connectivity index (χ2v) is 6.16. The Bertz CT molecular complexity index is 471. The fourth-order valence-corrected chi connectivity index (χ4v) is 2.46. The monoisotopic (exact) mass is 247 g/mol. The maximum atomic E-state index is 3.97. The second-order valence-electron chi connectivity index (χ2n) is 5.00. The molecule has 0 bridgehead atoms. The van der Waals surface area contributed by atoms with Crippen molar-refractivity contribution in [3.05, 3.63) is 40.6 Å². The van der Waals surface area contributed by atoms with Gasteiger partial charge in [-0.05, 0) is 17.5 Å². The van der Waals surface area contributed by atoms with Crippen molar-refractivity contribution in [3.63, 3.8) is 0 Å². The zero-order valence-electron chi connectivity index (χ0n) is 10.4. The van der Waals surface area contributed by atoms with E-state index in [0.29, 0.717) is 0 Å². The van der Waals surface area contributed by atoms with Crippen LogP contribution in [-0.2, 0) is 12.0 Å². The molecule has 90 valence electrons. The molecule has 0 aromatic carbocycles. The van der Waals surface area contributed by atoms with Crippen molar-refractivity contribution >= 4 is 17.0 Å². The van der Waals surface area contributed by atoms with Crippen LogP contribution in [0.15, 0.2) is 30.9 Å². The first kappa shape index (κ1) is 12.0. The number of hydrogen-bond acceptors (Lipinski definition) is 4. The van der Waals surface area contributed by atoms with Crippen LogP contribution in [-0.4, -0.2) is 9.97 Å². The molecule has 0 aliphatic carbocycles. The number of rotatable bonds is 3. The summed E-state index contributed by atoms with van der Waals surface area (Å²) in [6.07, 6.45) is 5.10. The average molecular weight is 247 g/mol. The predicted molar refractivity (Wildman–Crippen MR) is 72.4 cm³/mol. The highest BCUT2D eigenvalue weighted by Crippen LogP contribution is 2.29. The Hall–Kier alpha value is -1.42. The predicted octanol–water partition coefficient (Wildman–Crippen LogP) is 3.45. The maximum absolute atomic E-state index is 3.97. The van der Waals surface area contributed by atoms with Crippen molar-refractivity contribution in [2.45, 2.75) is 32.7 Å². The largest absolute Gasteiger partial charge is 0.378 e. The zero-order chi connectivity index (χ0) is 12.3. The van der Waals surface area contributed by atoms with Crippen molar-refractivity contribution in [3.8, 4) is 0 Å². The Labute approximate surface area is 106 Å². The number of nitrogens with one attached hydrogen (secondary N) is 1. The Balaban J connectivity index is 1.99. The molecule has 2 heterocycles. The van der Waals surface area contributed by atoms with Crippen LogP contribution in [0.3, 0.4) is 0 Å². The van der Waals surface area contributed by atoms with Gasteiger partial charge in [0.05, 0.1) is 18.1 Å². The molecule has 1 N–H and O–H groups in total. The number of aromatic nitrogens is 2. The van der Waals surface area contributed by atoms with Gasteiger partial charge < -0.3 is 5.32 Å². The van der Waals surface area contributed by atoms with Crippen molar-refractivity contribution in [2.75, 3.05) is 5.32 Å². The van der Waals surface area contributed by atoms with Crippen molar-refractivity contribution < 1.29 is 0 Å². The molecule has 0 atom stereocenters. The lowest BCUT2D eigenvalue weighted by molar-refractivity contribution is 0.604. The standard InChI is InChI=1S/C13H17N3S/c1-13(2,3)12-5-4-11(17-12)8-16-10-6-14-9-15-7-10/h4-7,9,16H,8H2,1-3H3. The van der Waals surface area contributed by atoms with Gasteiger partial charge in [-0.25, -0.2) is 9.97 Å². The smallest absolute Gasteiger partial charge is 0.115 e. The van der Waals surface area contributed by atoms with E-state index in [1.54, 1.807) is 12.4 Å². The van der Waals surface area contributed by atoms with Crippen LogP contribution >= 0.6 is 11.3 Å². The van der Waals surface area contributed by atoms with Crippen LogP contribution < -0.4 is 5.32 Å². The Morgan fingerprint density at radius 2 is 1.88 bits per heavy atom. The fourth-order valence-electron chi connectivity index (χ4n) is 1.46. The Morgan fingerprint density at radius 1 is 1.18 bits per heavy atom. The second kappa shape index (κ2) is 4.84. The minimum atomic E-state index is 0.235. The lowest BCUT2D eigenvalue weighted by atomic mass is 9.95. The van der Waals surface area contributed by atoms with Crippen LogP contribution in [0.25, 0.3) is 0 Å². The SMILES string of the molecule is CC(C)(C)c1ccc(CNc2cncnc2)s1. The molecular weight excluding hydrogens is 230 g/mol. The summed E-state index contributed by atoms with van der Waals surface area (Å²) in [4.78, 5) is 10.7. The third-order valence-electron chi connectivity index (χ3n) is 2.43. The van der Waals surface area contributed by atoms with Gasteiger partial charge >= 0.3 is 0 Å². The maximum Gasteiger partial charge on any atom is 0.115 e. The number of anilines is 1. The lowest BCUT2D eigenvalue weighted by Crippen LogP contribution is -2.07. The van der Waals surface area contributed by atoms with E-state index in [1.807, 2.05) is 11.3 Å². The fraction of sp³-hybridized carbons (Fsp3) is 0.385. The highest BCUT2D eigenvalue weighted by molar-refractivity contribution is 7.12. The van der Waals surface area contributed by atoms with Gasteiger partial charge in [-0.15, -0.1) is 11.3 Å². The molecule has 0 spiro atoms. The number of thiophene rings is 1. The Morgan fingerprint density at radius 3 is 2.47 bits per heavy atom. The van der Waals surface area contributed by atoms with Gasteiger partial charge in [0.25, 0.3) is 0 Å². The topological polar surface area (TPSA) is 37.8 Å². The van der Waals surface area contributed by atoms with Gasteiger partial charge in [0, 0.05) is 16.3 Å². The summed E-state index contributed by atoms with van der Waals surface area (Å²) >= 11 is 1.86. The highest BCUT2D eigenvalue weighted by atomic mass is 32.1. The third-order valence-corrected chi connectivity index (χ3v) is 3.94. The molecule has 2 aromatic rings. The van der Waals surface area contributed by atoms with Crippen LogP contribution in [0.5, 0.6) is 0 Å². The van der Waals surface area contributed by atoms with Crippen molar-refractivity contribution in [2.24, 2.45) is 0 Å². The molecule has 2 rings (SSSR count). The third kappa shape index (κ3) is 3.27. The molecule has 3 nitrogen and oxygen atoms in total. The molecule has 0 unspecified atom stereocenters. The van der Waals surface area contributed by atoms with Gasteiger partial charge in [-0.3, -0.25) is 0 Å². The van der Waals surface area contributed by atoms with E-state index in [0.717, 1.165) is 12.2 Å². The average Bonchev–Trinajstić information content (AvgIpc) is 2.76. The number of hydrogen-bond donors (Lipinski definition) is 1. The summed E-state index contributed by atoms with van der Waals surface area (Å²) in [6, 6.07) is 4.39. The van der Waals surface area contributed by atoms with Crippen molar-refractivity contribution in [1.82, 2.24) is 9.97 Å². The number of nitrogens with zero attached hydrogens (tertiary/aromatic N) is 2.